The molecule has 3 rings (SSSR count). The van der Waals surface area contributed by atoms with E-state index in [2.05, 4.69) is 20.6 Å². The molecule has 0 aliphatic heterocycles. The minimum atomic E-state index is -0.0220. The number of nitrogens with two attached hydrogens (primary N) is 1. The first-order valence-electron chi connectivity index (χ1n) is 7.64. The summed E-state index contributed by atoms with van der Waals surface area (Å²) in [6.45, 7) is 1.51. The molecule has 132 valence electrons. The Kier molecular flexibility index (Phi) is 5.25. The van der Waals surface area contributed by atoms with Crippen LogP contribution in [0.2, 0.25) is 10.0 Å². The average Bonchev–Trinajstić information content (AvgIpc) is 2.62. The van der Waals surface area contributed by atoms with Crippen molar-refractivity contribution in [3.63, 3.8) is 0 Å². The fraction of sp³-hybridized carbons (Fsp3) is 0.0556. The lowest BCUT2D eigenvalue weighted by atomic mass is 10.1. The maximum absolute atomic E-state index is 11.5. The second-order valence-electron chi connectivity index (χ2n) is 5.50. The maximum Gasteiger partial charge on any atom is 0.159 e. The zero-order chi connectivity index (χ0) is 18.7. The fourth-order valence-electron chi connectivity index (χ4n) is 2.26. The van der Waals surface area contributed by atoms with Crippen LogP contribution in [0.5, 0.6) is 0 Å². The zero-order valence-corrected chi connectivity index (χ0v) is 15.3. The molecular formula is C18H15Cl2N5O. The van der Waals surface area contributed by atoms with E-state index < -0.39 is 0 Å². The summed E-state index contributed by atoms with van der Waals surface area (Å²) in [5.41, 5.74) is 8.48. The number of nitrogens with one attached hydrogen (secondary N) is 2. The van der Waals surface area contributed by atoms with E-state index >= 15 is 0 Å². The van der Waals surface area contributed by atoms with Gasteiger partial charge in [0.1, 0.15) is 12.0 Å². The van der Waals surface area contributed by atoms with Crippen LogP contribution in [0.3, 0.4) is 0 Å². The third-order valence-electron chi connectivity index (χ3n) is 3.60. The van der Waals surface area contributed by atoms with Gasteiger partial charge in [-0.15, -0.1) is 0 Å². The molecule has 26 heavy (non-hydrogen) atoms. The highest BCUT2D eigenvalue weighted by molar-refractivity contribution is 6.42. The highest BCUT2D eigenvalue weighted by atomic mass is 35.5. The lowest BCUT2D eigenvalue weighted by Gasteiger charge is -2.13. The molecule has 0 aliphatic rings. The Hall–Kier alpha value is -2.83. The van der Waals surface area contributed by atoms with Crippen molar-refractivity contribution in [3.05, 3.63) is 64.4 Å². The van der Waals surface area contributed by atoms with Crippen LogP contribution in [0.25, 0.3) is 0 Å². The highest BCUT2D eigenvalue weighted by Gasteiger charge is 2.10. The number of ketones is 1. The van der Waals surface area contributed by atoms with Gasteiger partial charge in [-0.05, 0) is 37.3 Å². The van der Waals surface area contributed by atoms with Gasteiger partial charge in [0.15, 0.2) is 17.4 Å². The minimum absolute atomic E-state index is 0.0220. The van der Waals surface area contributed by atoms with Crippen molar-refractivity contribution in [2.45, 2.75) is 6.92 Å². The van der Waals surface area contributed by atoms with Crippen LogP contribution in [-0.2, 0) is 0 Å². The summed E-state index contributed by atoms with van der Waals surface area (Å²) in [6, 6.07) is 12.2. The van der Waals surface area contributed by atoms with Gasteiger partial charge in [0, 0.05) is 16.9 Å². The van der Waals surface area contributed by atoms with Gasteiger partial charge in [-0.1, -0.05) is 35.3 Å². The van der Waals surface area contributed by atoms with Gasteiger partial charge in [-0.3, -0.25) is 4.79 Å². The standard InChI is InChI=1S/C18H15Cl2N5O/c1-10(26)11-3-2-4-12(7-11)24-17-16(21)18(23-9-22-17)25-13-5-6-14(19)15(20)8-13/h2-9H,21H2,1H3,(H2,22,23,24,25). The van der Waals surface area contributed by atoms with Gasteiger partial charge in [0.05, 0.1) is 10.0 Å². The fourth-order valence-corrected chi connectivity index (χ4v) is 2.56. The number of halogens is 2. The van der Waals surface area contributed by atoms with Gasteiger partial charge in [0.25, 0.3) is 0 Å². The molecule has 3 aromatic rings. The van der Waals surface area contributed by atoms with Crippen LogP contribution >= 0.6 is 23.2 Å². The molecule has 0 saturated carbocycles. The molecule has 0 saturated heterocycles. The number of rotatable bonds is 5. The molecule has 8 heteroatoms. The molecular weight excluding hydrogens is 373 g/mol. The van der Waals surface area contributed by atoms with Crippen LogP contribution in [0.15, 0.2) is 48.8 Å². The number of hydrogen-bond acceptors (Lipinski definition) is 6. The van der Waals surface area contributed by atoms with Gasteiger partial charge in [0.2, 0.25) is 0 Å². The molecule has 1 aromatic heterocycles. The third-order valence-corrected chi connectivity index (χ3v) is 4.34. The van der Waals surface area contributed by atoms with Crippen molar-refractivity contribution in [2.75, 3.05) is 16.4 Å². The minimum Gasteiger partial charge on any atom is -0.393 e. The summed E-state index contributed by atoms with van der Waals surface area (Å²) in [5.74, 6) is 0.818. The first kappa shape index (κ1) is 18.0. The second-order valence-corrected chi connectivity index (χ2v) is 6.31. The predicted molar refractivity (Wildman–Crippen MR) is 106 cm³/mol. The monoisotopic (exact) mass is 387 g/mol. The largest absolute Gasteiger partial charge is 0.393 e. The van der Waals surface area contributed by atoms with Gasteiger partial charge in [-0.2, -0.15) is 0 Å². The normalized spacial score (nSPS) is 10.4. The highest BCUT2D eigenvalue weighted by Crippen LogP contribution is 2.31. The summed E-state index contributed by atoms with van der Waals surface area (Å²) in [5, 5.41) is 7.06. The van der Waals surface area contributed by atoms with Crippen LogP contribution in [-0.4, -0.2) is 15.8 Å². The van der Waals surface area contributed by atoms with E-state index in [4.69, 9.17) is 28.9 Å². The average molecular weight is 388 g/mol. The number of hydrogen-bond donors (Lipinski definition) is 3. The van der Waals surface area contributed by atoms with Gasteiger partial charge < -0.3 is 16.4 Å². The van der Waals surface area contributed by atoms with Crippen molar-refractivity contribution >= 4 is 57.7 Å². The number of nitrogens with zero attached hydrogens (tertiary/aromatic N) is 2. The van der Waals surface area contributed by atoms with Crippen LogP contribution < -0.4 is 16.4 Å². The van der Waals surface area contributed by atoms with Crippen LogP contribution in [0.4, 0.5) is 28.7 Å². The maximum atomic E-state index is 11.5. The number of benzene rings is 2. The number of carbonyl (C=O) groups is 1. The Labute approximate surface area is 160 Å². The summed E-state index contributed by atoms with van der Waals surface area (Å²) in [4.78, 5) is 19.8. The Morgan fingerprint density at radius 3 is 2.23 bits per heavy atom. The van der Waals surface area contributed by atoms with E-state index in [9.17, 15) is 4.79 Å². The first-order valence-corrected chi connectivity index (χ1v) is 8.40. The number of anilines is 5. The summed E-state index contributed by atoms with van der Waals surface area (Å²) >= 11 is 11.9. The summed E-state index contributed by atoms with van der Waals surface area (Å²) in [6.07, 6.45) is 1.38. The smallest absolute Gasteiger partial charge is 0.159 e. The Bertz CT molecular complexity index is 978. The van der Waals surface area contributed by atoms with Crippen molar-refractivity contribution in [3.8, 4) is 0 Å². The number of carbonyl (C=O) groups excluding carboxylic acids is 1. The quantitative estimate of drug-likeness (QED) is 0.530. The summed E-state index contributed by atoms with van der Waals surface area (Å²) in [7, 11) is 0. The van der Waals surface area contributed by atoms with Gasteiger partial charge >= 0.3 is 0 Å². The molecule has 0 unspecified atom stereocenters. The van der Waals surface area contributed by atoms with Crippen LogP contribution in [0, 0.1) is 0 Å². The van der Waals surface area contributed by atoms with E-state index in [1.807, 2.05) is 6.07 Å². The topological polar surface area (TPSA) is 92.9 Å². The van der Waals surface area contributed by atoms with E-state index in [1.165, 1.54) is 13.3 Å². The SMILES string of the molecule is CC(=O)c1cccc(Nc2ncnc(Nc3ccc(Cl)c(Cl)c3)c2N)c1. The van der Waals surface area contributed by atoms with Crippen molar-refractivity contribution in [2.24, 2.45) is 0 Å². The number of aromatic nitrogens is 2. The third kappa shape index (κ3) is 4.04. The Morgan fingerprint density at radius 1 is 0.962 bits per heavy atom. The van der Waals surface area contributed by atoms with E-state index in [0.29, 0.717) is 44.3 Å². The molecule has 1 heterocycles. The predicted octanol–water partition coefficient (Wildman–Crippen LogP) is 5.06. The Balaban J connectivity index is 1.86. The zero-order valence-electron chi connectivity index (χ0n) is 13.8. The molecule has 0 amide bonds. The lowest BCUT2D eigenvalue weighted by Crippen LogP contribution is -2.05. The van der Waals surface area contributed by atoms with Crippen LogP contribution in [0.1, 0.15) is 17.3 Å². The second kappa shape index (κ2) is 7.59. The molecule has 0 radical (unpaired) electrons. The van der Waals surface area contributed by atoms with Gasteiger partial charge in [-0.25, -0.2) is 9.97 Å². The molecule has 0 fully saturated rings. The Morgan fingerprint density at radius 2 is 1.62 bits per heavy atom. The molecule has 2 aromatic carbocycles. The van der Waals surface area contributed by atoms with Crippen molar-refractivity contribution in [1.29, 1.82) is 0 Å². The lowest BCUT2D eigenvalue weighted by molar-refractivity contribution is 0.101. The molecule has 0 spiro atoms. The summed E-state index contributed by atoms with van der Waals surface area (Å²) < 4.78 is 0. The van der Waals surface area contributed by atoms with E-state index in [1.54, 1.807) is 36.4 Å². The van der Waals surface area contributed by atoms with E-state index in [-0.39, 0.29) is 5.78 Å². The first-order chi connectivity index (χ1) is 12.4. The molecule has 0 bridgehead atoms. The molecule has 0 aliphatic carbocycles. The molecule has 0 atom stereocenters. The van der Waals surface area contributed by atoms with Crippen molar-refractivity contribution in [1.82, 2.24) is 9.97 Å². The molecule has 6 nitrogen and oxygen atoms in total. The number of Topliss-reactive ketones (excluding diaryl/α,β-unsaturated/α-hetero) is 1. The van der Waals surface area contributed by atoms with E-state index in [0.717, 1.165) is 0 Å². The molecule has 4 N–H and O–H groups in total. The van der Waals surface area contributed by atoms with Crippen molar-refractivity contribution < 1.29 is 4.79 Å². The number of nitrogen functional groups attached to an aromatic ring is 1.